The molecule has 4 nitrogen and oxygen atoms in total. The fraction of sp³-hybridized carbons (Fsp3) is 0.120. The molecule has 0 N–H and O–H groups in total. The van der Waals surface area contributed by atoms with Crippen LogP contribution in [0.1, 0.15) is 16.7 Å². The molecule has 6 heteroatoms. The van der Waals surface area contributed by atoms with Crippen LogP contribution in [-0.4, -0.2) is 9.13 Å². The number of fused-ring (bicyclic) bond motifs is 1. The monoisotopic (exact) mass is 448 g/mol. The van der Waals surface area contributed by atoms with E-state index in [2.05, 4.69) is 11.8 Å². The van der Waals surface area contributed by atoms with E-state index in [1.165, 1.54) is 9.13 Å². The van der Waals surface area contributed by atoms with Gasteiger partial charge < -0.3 is 0 Å². The minimum atomic E-state index is -0.397. The van der Waals surface area contributed by atoms with Gasteiger partial charge in [-0.05, 0) is 41.5 Å². The van der Waals surface area contributed by atoms with E-state index in [4.69, 9.17) is 23.2 Å². The normalized spacial score (nSPS) is 10.7. The highest BCUT2D eigenvalue weighted by molar-refractivity contribution is 6.42. The molecule has 0 fully saturated rings. The van der Waals surface area contributed by atoms with Crippen LogP contribution in [0.5, 0.6) is 0 Å². The molecule has 1 heterocycles. The second-order valence-corrected chi connectivity index (χ2v) is 7.99. The van der Waals surface area contributed by atoms with E-state index < -0.39 is 5.69 Å². The third kappa shape index (κ3) is 4.44. The van der Waals surface area contributed by atoms with E-state index in [9.17, 15) is 9.59 Å². The standard InChI is InChI=1S/C25H18Cl2N2O2/c1-28-23-13-11-18(9-5-8-17-6-3-2-4-7-17)14-20(23)24(30)29(25(28)31)16-19-10-12-21(26)22(27)15-19/h2-4,6-7,10-15H,8,16H2,1H3. The van der Waals surface area contributed by atoms with Gasteiger partial charge in [-0.15, -0.1) is 0 Å². The highest BCUT2D eigenvalue weighted by Gasteiger charge is 2.12. The maximum atomic E-state index is 13.1. The van der Waals surface area contributed by atoms with Gasteiger partial charge >= 0.3 is 5.69 Å². The van der Waals surface area contributed by atoms with Crippen LogP contribution in [-0.2, 0) is 20.0 Å². The van der Waals surface area contributed by atoms with Gasteiger partial charge in [-0.1, -0.05) is 71.4 Å². The smallest absolute Gasteiger partial charge is 0.296 e. The average molecular weight is 449 g/mol. The first kappa shape index (κ1) is 21.0. The highest BCUT2D eigenvalue weighted by Crippen LogP contribution is 2.22. The Morgan fingerprint density at radius 3 is 2.39 bits per heavy atom. The third-order valence-corrected chi connectivity index (χ3v) is 5.78. The summed E-state index contributed by atoms with van der Waals surface area (Å²) in [4.78, 5) is 26.0. The summed E-state index contributed by atoms with van der Waals surface area (Å²) in [5, 5.41) is 1.23. The number of aromatic nitrogens is 2. The number of rotatable bonds is 3. The van der Waals surface area contributed by atoms with Crippen LogP contribution in [0.25, 0.3) is 10.9 Å². The quantitative estimate of drug-likeness (QED) is 0.428. The Balaban J connectivity index is 1.74. The zero-order chi connectivity index (χ0) is 22.0. The zero-order valence-corrected chi connectivity index (χ0v) is 18.2. The topological polar surface area (TPSA) is 44.0 Å². The number of benzene rings is 3. The van der Waals surface area contributed by atoms with Crippen molar-refractivity contribution in [2.45, 2.75) is 13.0 Å². The molecular weight excluding hydrogens is 431 g/mol. The zero-order valence-electron chi connectivity index (χ0n) is 16.7. The van der Waals surface area contributed by atoms with Crippen LogP contribution in [0.15, 0.2) is 76.3 Å². The van der Waals surface area contributed by atoms with Gasteiger partial charge in [-0.25, -0.2) is 4.79 Å². The van der Waals surface area contributed by atoms with Crippen LogP contribution in [0.4, 0.5) is 0 Å². The largest absolute Gasteiger partial charge is 0.331 e. The Kier molecular flexibility index (Phi) is 5.99. The predicted molar refractivity (Wildman–Crippen MR) is 126 cm³/mol. The Morgan fingerprint density at radius 2 is 1.65 bits per heavy atom. The number of nitrogens with zero attached hydrogens (tertiary/aromatic N) is 2. The summed E-state index contributed by atoms with van der Waals surface area (Å²) < 4.78 is 2.67. The lowest BCUT2D eigenvalue weighted by atomic mass is 10.1. The van der Waals surface area contributed by atoms with Gasteiger partial charge in [-0.2, -0.15) is 0 Å². The molecular formula is C25H18Cl2N2O2. The minimum Gasteiger partial charge on any atom is -0.296 e. The fourth-order valence-electron chi connectivity index (χ4n) is 3.40. The molecule has 154 valence electrons. The predicted octanol–water partition coefficient (Wildman–Crippen LogP) is 4.65. The number of halogens is 2. The highest BCUT2D eigenvalue weighted by atomic mass is 35.5. The summed E-state index contributed by atoms with van der Waals surface area (Å²) in [7, 11) is 1.65. The molecule has 0 saturated carbocycles. The van der Waals surface area contributed by atoms with E-state index in [0.29, 0.717) is 32.9 Å². The Bertz CT molecular complexity index is 1460. The molecule has 3 aromatic carbocycles. The molecule has 0 amide bonds. The van der Waals surface area contributed by atoms with Gasteiger partial charge in [0.25, 0.3) is 5.56 Å². The van der Waals surface area contributed by atoms with Crippen molar-refractivity contribution in [3.63, 3.8) is 0 Å². The van der Waals surface area contributed by atoms with Crippen molar-refractivity contribution in [2.75, 3.05) is 0 Å². The first-order valence-electron chi connectivity index (χ1n) is 9.64. The van der Waals surface area contributed by atoms with Gasteiger partial charge in [0.2, 0.25) is 0 Å². The lowest BCUT2D eigenvalue weighted by Gasteiger charge is -2.11. The maximum Gasteiger partial charge on any atom is 0.331 e. The molecule has 0 saturated heterocycles. The molecule has 0 radical (unpaired) electrons. The summed E-state index contributed by atoms with van der Waals surface area (Å²) in [5.74, 6) is 6.25. The van der Waals surface area contributed by atoms with Gasteiger partial charge in [0.05, 0.1) is 27.5 Å². The van der Waals surface area contributed by atoms with Crippen LogP contribution in [0.3, 0.4) is 0 Å². The fourth-order valence-corrected chi connectivity index (χ4v) is 3.72. The lowest BCUT2D eigenvalue weighted by molar-refractivity contribution is 0.660. The Labute approximate surface area is 189 Å². The molecule has 1 aromatic heterocycles. The van der Waals surface area contributed by atoms with E-state index in [1.54, 1.807) is 37.4 Å². The molecule has 4 rings (SSSR count). The SMILES string of the molecule is Cn1c(=O)n(Cc2ccc(Cl)c(Cl)c2)c(=O)c2cc(C#CCc3ccccc3)ccc21. The van der Waals surface area contributed by atoms with Gasteiger partial charge in [0, 0.05) is 19.0 Å². The van der Waals surface area contributed by atoms with Crippen molar-refractivity contribution in [3.8, 4) is 11.8 Å². The first-order valence-corrected chi connectivity index (χ1v) is 10.4. The van der Waals surface area contributed by atoms with Crippen molar-refractivity contribution in [3.05, 3.63) is 114 Å². The van der Waals surface area contributed by atoms with Crippen molar-refractivity contribution in [2.24, 2.45) is 7.05 Å². The van der Waals surface area contributed by atoms with Crippen molar-refractivity contribution < 1.29 is 0 Å². The molecule has 0 unspecified atom stereocenters. The minimum absolute atomic E-state index is 0.0995. The van der Waals surface area contributed by atoms with Crippen LogP contribution < -0.4 is 11.2 Å². The molecule has 4 aromatic rings. The molecule has 0 aliphatic heterocycles. The number of aryl methyl sites for hydroxylation is 1. The second-order valence-electron chi connectivity index (χ2n) is 7.18. The molecule has 31 heavy (non-hydrogen) atoms. The van der Waals surface area contributed by atoms with Crippen LogP contribution in [0.2, 0.25) is 10.0 Å². The van der Waals surface area contributed by atoms with E-state index >= 15 is 0 Å². The van der Waals surface area contributed by atoms with Gasteiger partial charge in [-0.3, -0.25) is 13.9 Å². The summed E-state index contributed by atoms with van der Waals surface area (Å²) in [5.41, 5.74) is 2.37. The molecule has 0 aliphatic carbocycles. The molecule has 0 spiro atoms. The van der Waals surface area contributed by atoms with E-state index in [0.717, 1.165) is 11.1 Å². The number of hydrogen-bond donors (Lipinski definition) is 0. The van der Waals surface area contributed by atoms with Crippen molar-refractivity contribution in [1.29, 1.82) is 0 Å². The molecule has 0 aliphatic rings. The molecule has 0 atom stereocenters. The van der Waals surface area contributed by atoms with Crippen molar-refractivity contribution >= 4 is 34.1 Å². The summed E-state index contributed by atoms with van der Waals surface area (Å²) in [6.45, 7) is 0.0995. The summed E-state index contributed by atoms with van der Waals surface area (Å²) in [6, 6.07) is 20.3. The van der Waals surface area contributed by atoms with Gasteiger partial charge in [0.15, 0.2) is 0 Å². The molecule has 0 bridgehead atoms. The Hall–Kier alpha value is -3.26. The number of hydrogen-bond acceptors (Lipinski definition) is 2. The van der Waals surface area contributed by atoms with E-state index in [-0.39, 0.29) is 12.1 Å². The average Bonchev–Trinajstić information content (AvgIpc) is 2.78. The summed E-state index contributed by atoms with van der Waals surface area (Å²) in [6.07, 6.45) is 0.619. The van der Waals surface area contributed by atoms with Gasteiger partial charge in [0.1, 0.15) is 0 Å². The first-order chi connectivity index (χ1) is 14.9. The van der Waals surface area contributed by atoms with Crippen LogP contribution in [0, 0.1) is 11.8 Å². The second kappa shape index (κ2) is 8.85. The summed E-state index contributed by atoms with van der Waals surface area (Å²) >= 11 is 12.1. The maximum absolute atomic E-state index is 13.1. The third-order valence-electron chi connectivity index (χ3n) is 5.04. The lowest BCUT2D eigenvalue weighted by Crippen LogP contribution is -2.39. The van der Waals surface area contributed by atoms with Crippen LogP contribution >= 0.6 is 23.2 Å². The van der Waals surface area contributed by atoms with E-state index in [1.807, 2.05) is 36.4 Å². The van der Waals surface area contributed by atoms with Crippen molar-refractivity contribution in [1.82, 2.24) is 9.13 Å². The Morgan fingerprint density at radius 1 is 0.871 bits per heavy atom.